The fourth-order valence-corrected chi connectivity index (χ4v) is 4.70. The first-order valence-corrected chi connectivity index (χ1v) is 9.05. The number of sulfonamides is 1. The van der Waals surface area contributed by atoms with Gasteiger partial charge < -0.3 is 0 Å². The summed E-state index contributed by atoms with van der Waals surface area (Å²) in [5.74, 6) is 0. The van der Waals surface area contributed by atoms with Crippen molar-refractivity contribution in [1.29, 1.82) is 0 Å². The van der Waals surface area contributed by atoms with E-state index in [-0.39, 0.29) is 0 Å². The quantitative estimate of drug-likeness (QED) is 0.899. The van der Waals surface area contributed by atoms with Gasteiger partial charge in [-0.1, -0.05) is 12.1 Å². The van der Waals surface area contributed by atoms with E-state index in [2.05, 4.69) is 20.7 Å². The van der Waals surface area contributed by atoms with Crippen LogP contribution in [0.15, 0.2) is 22.7 Å². The predicted octanol–water partition coefficient (Wildman–Crippen LogP) is 1.50. The summed E-state index contributed by atoms with van der Waals surface area (Å²) >= 11 is 3.24. The number of hydrogen-bond acceptors (Lipinski definition) is 4. The van der Waals surface area contributed by atoms with Gasteiger partial charge in [0, 0.05) is 10.7 Å². The van der Waals surface area contributed by atoms with Crippen LogP contribution >= 0.6 is 15.9 Å². The second kappa shape index (κ2) is 4.95. The Morgan fingerprint density at radius 2 is 1.82 bits per heavy atom. The van der Waals surface area contributed by atoms with Gasteiger partial charge >= 0.3 is 0 Å². The monoisotopic (exact) mass is 341 g/mol. The van der Waals surface area contributed by atoms with E-state index in [9.17, 15) is 16.8 Å². The van der Waals surface area contributed by atoms with Gasteiger partial charge in [-0.05, 0) is 34.5 Å². The first-order chi connectivity index (χ1) is 7.61. The van der Waals surface area contributed by atoms with Crippen molar-refractivity contribution < 1.29 is 16.8 Å². The number of benzene rings is 1. The molecule has 1 aromatic rings. The molecule has 0 heterocycles. The summed E-state index contributed by atoms with van der Waals surface area (Å²) in [6.45, 7) is 1.80. The molecule has 17 heavy (non-hydrogen) atoms. The molecule has 0 unspecified atom stereocenters. The molecular weight excluding hydrogens is 330 g/mol. The molecule has 0 amide bonds. The maximum absolute atomic E-state index is 11.6. The second-order valence-electron chi connectivity index (χ2n) is 3.70. The lowest BCUT2D eigenvalue weighted by molar-refractivity contribution is 0.595. The third-order valence-corrected chi connectivity index (χ3v) is 6.36. The van der Waals surface area contributed by atoms with Crippen molar-refractivity contribution >= 4 is 41.5 Å². The first kappa shape index (κ1) is 14.5. The molecule has 0 aliphatic rings. The molecule has 1 rings (SSSR count). The number of halogens is 1. The van der Waals surface area contributed by atoms with Gasteiger partial charge in [-0.2, -0.15) is 0 Å². The molecule has 0 aliphatic carbocycles. The van der Waals surface area contributed by atoms with E-state index in [0.717, 1.165) is 11.8 Å². The molecule has 8 heteroatoms. The highest BCUT2D eigenvalue weighted by Crippen LogP contribution is 2.26. The van der Waals surface area contributed by atoms with Gasteiger partial charge in [-0.15, -0.1) is 0 Å². The third-order valence-electron chi connectivity index (χ3n) is 1.83. The minimum Gasteiger partial charge on any atom is -0.282 e. The fraction of sp³-hybridized carbons (Fsp3) is 0.333. The molecule has 1 N–H and O–H groups in total. The van der Waals surface area contributed by atoms with Crippen LogP contribution in [0.4, 0.5) is 5.69 Å². The van der Waals surface area contributed by atoms with Gasteiger partial charge in [0.15, 0.2) is 14.9 Å². The summed E-state index contributed by atoms with van der Waals surface area (Å²) in [5.41, 5.74) is 1.18. The van der Waals surface area contributed by atoms with Crippen LogP contribution in [0, 0.1) is 6.92 Å². The largest absolute Gasteiger partial charge is 0.282 e. The van der Waals surface area contributed by atoms with Crippen molar-refractivity contribution in [3.63, 3.8) is 0 Å². The van der Waals surface area contributed by atoms with E-state index < -0.39 is 24.9 Å². The molecule has 0 fully saturated rings. The maximum Gasteiger partial charge on any atom is 0.247 e. The fourth-order valence-electron chi connectivity index (χ4n) is 1.21. The lowest BCUT2D eigenvalue weighted by Crippen LogP contribution is -2.22. The van der Waals surface area contributed by atoms with Crippen molar-refractivity contribution in [2.24, 2.45) is 0 Å². The topological polar surface area (TPSA) is 80.3 Å². The minimum atomic E-state index is -3.90. The Morgan fingerprint density at radius 3 is 2.35 bits per heavy atom. The molecule has 96 valence electrons. The number of rotatable bonds is 4. The number of nitrogens with one attached hydrogen (secondary N) is 1. The highest BCUT2D eigenvalue weighted by Gasteiger charge is 2.19. The van der Waals surface area contributed by atoms with E-state index in [4.69, 9.17) is 0 Å². The van der Waals surface area contributed by atoms with Gasteiger partial charge in [-0.3, -0.25) is 4.72 Å². The predicted molar refractivity (Wildman–Crippen MR) is 71.1 cm³/mol. The Labute approximate surface area is 109 Å². The van der Waals surface area contributed by atoms with Crippen LogP contribution in [0.5, 0.6) is 0 Å². The molecule has 0 atom stereocenters. The molecule has 1 aromatic carbocycles. The van der Waals surface area contributed by atoms with Gasteiger partial charge in [-0.25, -0.2) is 16.8 Å². The summed E-state index contributed by atoms with van der Waals surface area (Å²) in [7, 11) is -7.49. The molecule has 0 aromatic heterocycles. The Morgan fingerprint density at radius 1 is 1.24 bits per heavy atom. The zero-order valence-electron chi connectivity index (χ0n) is 9.27. The van der Waals surface area contributed by atoms with Crippen molar-refractivity contribution in [2.45, 2.75) is 6.92 Å². The van der Waals surface area contributed by atoms with E-state index >= 15 is 0 Å². The van der Waals surface area contributed by atoms with Crippen LogP contribution < -0.4 is 4.72 Å². The SMILES string of the molecule is Cc1cccc(NS(=O)(=O)CS(C)(=O)=O)c1Br. The Balaban J connectivity index is 3.03. The van der Waals surface area contributed by atoms with Crippen molar-refractivity contribution in [2.75, 3.05) is 16.1 Å². The number of hydrogen-bond donors (Lipinski definition) is 1. The van der Waals surface area contributed by atoms with Gasteiger partial charge in [0.1, 0.15) is 0 Å². The van der Waals surface area contributed by atoms with Gasteiger partial charge in [0.2, 0.25) is 10.0 Å². The highest BCUT2D eigenvalue weighted by atomic mass is 79.9. The molecular formula is C9H12BrNO4S2. The molecule has 5 nitrogen and oxygen atoms in total. The van der Waals surface area contributed by atoms with Crippen LogP contribution in [-0.2, 0) is 19.9 Å². The molecule has 0 radical (unpaired) electrons. The minimum absolute atomic E-state index is 0.327. The first-order valence-electron chi connectivity index (χ1n) is 4.54. The Kier molecular flexibility index (Phi) is 4.21. The number of sulfone groups is 1. The van der Waals surface area contributed by atoms with Crippen molar-refractivity contribution in [1.82, 2.24) is 0 Å². The van der Waals surface area contributed by atoms with E-state index in [0.29, 0.717) is 10.2 Å². The average Bonchev–Trinajstić information content (AvgIpc) is 2.08. The zero-order chi connectivity index (χ0) is 13.3. The lowest BCUT2D eigenvalue weighted by atomic mass is 10.2. The standard InChI is InChI=1S/C9H12BrNO4S2/c1-7-4-3-5-8(9(7)10)11-17(14,15)6-16(2,12)13/h3-5,11H,6H2,1-2H3. The molecule has 0 spiro atoms. The van der Waals surface area contributed by atoms with Gasteiger partial charge in [0.05, 0.1) is 5.69 Å². The van der Waals surface area contributed by atoms with E-state index in [1.807, 2.05) is 0 Å². The van der Waals surface area contributed by atoms with Crippen molar-refractivity contribution in [3.05, 3.63) is 28.2 Å². The number of aryl methyl sites for hydroxylation is 1. The molecule has 0 aliphatic heterocycles. The van der Waals surface area contributed by atoms with Crippen LogP contribution in [0.3, 0.4) is 0 Å². The van der Waals surface area contributed by atoms with E-state index in [1.54, 1.807) is 25.1 Å². The molecule has 0 bridgehead atoms. The summed E-state index contributed by atoms with van der Waals surface area (Å²) < 4.78 is 47.9. The summed E-state index contributed by atoms with van der Waals surface area (Å²) in [5, 5.41) is -0.930. The van der Waals surface area contributed by atoms with Crippen LogP contribution in [0.1, 0.15) is 5.56 Å². The van der Waals surface area contributed by atoms with Crippen LogP contribution in [-0.4, -0.2) is 28.2 Å². The summed E-state index contributed by atoms with van der Waals surface area (Å²) in [4.78, 5) is 0. The highest BCUT2D eigenvalue weighted by molar-refractivity contribution is 9.10. The summed E-state index contributed by atoms with van der Waals surface area (Å²) in [6, 6.07) is 5.04. The van der Waals surface area contributed by atoms with Crippen molar-refractivity contribution in [3.8, 4) is 0 Å². The maximum atomic E-state index is 11.6. The van der Waals surface area contributed by atoms with Gasteiger partial charge in [0.25, 0.3) is 0 Å². The normalized spacial score (nSPS) is 12.4. The molecule has 0 saturated carbocycles. The van der Waals surface area contributed by atoms with E-state index in [1.165, 1.54) is 0 Å². The number of anilines is 1. The van der Waals surface area contributed by atoms with Crippen LogP contribution in [0.25, 0.3) is 0 Å². The lowest BCUT2D eigenvalue weighted by Gasteiger charge is -2.10. The average molecular weight is 342 g/mol. The van der Waals surface area contributed by atoms with Crippen LogP contribution in [0.2, 0.25) is 0 Å². The Hall–Kier alpha value is -0.600. The molecule has 0 saturated heterocycles. The smallest absolute Gasteiger partial charge is 0.247 e. The summed E-state index contributed by atoms with van der Waals surface area (Å²) in [6.07, 6.45) is 0.873. The zero-order valence-corrected chi connectivity index (χ0v) is 12.5. The Bertz CT molecular complexity index is 622. The second-order valence-corrected chi connectivity index (χ2v) is 8.72. The third kappa shape index (κ3) is 4.64.